The largest absolute Gasteiger partial charge is 0.305 e. The maximum Gasteiger partial charge on any atom is 0.0758 e. The molecule has 0 spiro atoms. The van der Waals surface area contributed by atoms with E-state index >= 15 is 0 Å². The van der Waals surface area contributed by atoms with Crippen LogP contribution < -0.4 is 5.32 Å². The quantitative estimate of drug-likeness (QED) is 0.667. The second kappa shape index (κ2) is 6.69. The Hall–Kier alpha value is -1.23. The van der Waals surface area contributed by atoms with Crippen molar-refractivity contribution in [2.45, 2.75) is 25.9 Å². The molecule has 1 N–H and O–H groups in total. The Morgan fingerprint density at radius 2 is 2.14 bits per heavy atom. The highest BCUT2D eigenvalue weighted by molar-refractivity contribution is 9.10. The number of nitrogens with zero attached hydrogens (tertiary/aromatic N) is 1. The second-order valence-corrected chi connectivity index (χ2v) is 6.80. The van der Waals surface area contributed by atoms with Gasteiger partial charge < -0.3 is 5.32 Å². The number of fused-ring (bicyclic) bond motifs is 1. The van der Waals surface area contributed by atoms with Crippen molar-refractivity contribution in [1.29, 1.82) is 0 Å². The number of rotatable bonds is 5. The lowest BCUT2D eigenvalue weighted by atomic mass is 10.1. The monoisotopic (exact) mass is 360 g/mol. The summed E-state index contributed by atoms with van der Waals surface area (Å²) in [7, 11) is 0. The van der Waals surface area contributed by atoms with Crippen molar-refractivity contribution < 1.29 is 0 Å². The molecule has 3 rings (SSSR count). The number of hydrogen-bond acceptors (Lipinski definition) is 3. The van der Waals surface area contributed by atoms with Crippen LogP contribution in [-0.2, 0) is 6.54 Å². The average molecular weight is 361 g/mol. The summed E-state index contributed by atoms with van der Waals surface area (Å²) in [5.41, 5.74) is 2.31. The molecule has 0 saturated carbocycles. The van der Waals surface area contributed by atoms with E-state index in [2.05, 4.69) is 68.9 Å². The zero-order valence-electron chi connectivity index (χ0n) is 11.8. The fraction of sp³-hybridized carbons (Fsp3) is 0.235. The zero-order valence-corrected chi connectivity index (χ0v) is 14.2. The number of pyridine rings is 1. The summed E-state index contributed by atoms with van der Waals surface area (Å²) in [4.78, 5) is 5.94. The molecule has 0 radical (unpaired) electrons. The van der Waals surface area contributed by atoms with Gasteiger partial charge in [-0.25, -0.2) is 0 Å². The number of hydrogen-bond donors (Lipinski definition) is 1. The highest BCUT2D eigenvalue weighted by atomic mass is 79.9. The first-order chi connectivity index (χ1) is 10.3. The van der Waals surface area contributed by atoms with Gasteiger partial charge in [-0.2, -0.15) is 0 Å². The van der Waals surface area contributed by atoms with E-state index in [-0.39, 0.29) is 0 Å². The van der Waals surface area contributed by atoms with Crippen molar-refractivity contribution in [2.24, 2.45) is 0 Å². The predicted molar refractivity (Wildman–Crippen MR) is 93.6 cm³/mol. The maximum atomic E-state index is 4.54. The normalized spacial score (nSPS) is 12.7. The van der Waals surface area contributed by atoms with Crippen LogP contribution in [0, 0.1) is 0 Å². The topological polar surface area (TPSA) is 24.9 Å². The van der Waals surface area contributed by atoms with Gasteiger partial charge in [-0.15, -0.1) is 11.3 Å². The van der Waals surface area contributed by atoms with Crippen LogP contribution in [0.3, 0.4) is 0 Å². The molecule has 1 atom stereocenters. The van der Waals surface area contributed by atoms with Gasteiger partial charge in [0.05, 0.1) is 5.52 Å². The molecule has 0 aliphatic rings. The van der Waals surface area contributed by atoms with Gasteiger partial charge in [-0.05, 0) is 35.6 Å². The molecule has 21 heavy (non-hydrogen) atoms. The molecule has 1 aromatic carbocycles. The SMILES string of the molecule is CCC(NCc1ccc(Br)c2cccnc12)c1cccs1. The Kier molecular flexibility index (Phi) is 4.68. The summed E-state index contributed by atoms with van der Waals surface area (Å²) in [5.74, 6) is 0. The summed E-state index contributed by atoms with van der Waals surface area (Å²) in [6.07, 6.45) is 2.94. The smallest absolute Gasteiger partial charge is 0.0758 e. The minimum absolute atomic E-state index is 0.410. The van der Waals surface area contributed by atoms with Crippen LogP contribution >= 0.6 is 27.3 Å². The molecule has 3 aromatic rings. The number of benzene rings is 1. The summed E-state index contributed by atoms with van der Waals surface area (Å²) < 4.78 is 1.10. The molecule has 0 aliphatic carbocycles. The van der Waals surface area contributed by atoms with Gasteiger partial charge in [0.1, 0.15) is 0 Å². The van der Waals surface area contributed by atoms with Gasteiger partial charge in [0.2, 0.25) is 0 Å². The summed E-state index contributed by atoms with van der Waals surface area (Å²) in [5, 5.41) is 6.96. The fourth-order valence-corrected chi connectivity index (χ4v) is 3.85. The molecule has 0 bridgehead atoms. The molecular formula is C17H17BrN2S. The molecular weight excluding hydrogens is 344 g/mol. The molecule has 0 saturated heterocycles. The molecule has 2 nitrogen and oxygen atoms in total. The van der Waals surface area contributed by atoms with Crippen molar-refractivity contribution in [2.75, 3.05) is 0 Å². The van der Waals surface area contributed by atoms with E-state index in [1.54, 1.807) is 0 Å². The van der Waals surface area contributed by atoms with Crippen LogP contribution in [0.4, 0.5) is 0 Å². The molecule has 2 aromatic heterocycles. The zero-order chi connectivity index (χ0) is 14.7. The molecule has 0 aliphatic heterocycles. The molecule has 0 fully saturated rings. The van der Waals surface area contributed by atoms with E-state index in [4.69, 9.17) is 0 Å². The number of thiophene rings is 1. The van der Waals surface area contributed by atoms with Crippen LogP contribution in [0.15, 0.2) is 52.4 Å². The first-order valence-corrected chi connectivity index (χ1v) is 8.75. The van der Waals surface area contributed by atoms with Crippen molar-refractivity contribution >= 4 is 38.2 Å². The second-order valence-electron chi connectivity index (χ2n) is 4.96. The van der Waals surface area contributed by atoms with Crippen molar-refractivity contribution in [3.8, 4) is 0 Å². The van der Waals surface area contributed by atoms with Gasteiger partial charge in [-0.1, -0.05) is 41.1 Å². The highest BCUT2D eigenvalue weighted by Crippen LogP contribution is 2.26. The van der Waals surface area contributed by atoms with Crippen LogP contribution in [0.1, 0.15) is 29.8 Å². The van der Waals surface area contributed by atoms with Gasteiger partial charge in [0, 0.05) is 33.5 Å². The third kappa shape index (κ3) is 3.18. The molecule has 1 unspecified atom stereocenters. The summed E-state index contributed by atoms with van der Waals surface area (Å²) in [6, 6.07) is 13.1. The summed E-state index contributed by atoms with van der Waals surface area (Å²) in [6.45, 7) is 3.05. The number of aromatic nitrogens is 1. The first kappa shape index (κ1) is 14.7. The number of nitrogens with one attached hydrogen (secondary N) is 1. The lowest BCUT2D eigenvalue weighted by Gasteiger charge is -2.16. The van der Waals surface area contributed by atoms with Gasteiger partial charge >= 0.3 is 0 Å². The predicted octanol–water partition coefficient (Wildman–Crippen LogP) is 5.30. The third-order valence-corrected chi connectivity index (χ3v) is 5.31. The van der Waals surface area contributed by atoms with E-state index in [0.29, 0.717) is 6.04 Å². The Labute approximate surface area is 137 Å². The van der Waals surface area contributed by atoms with E-state index in [0.717, 1.165) is 23.0 Å². The van der Waals surface area contributed by atoms with E-state index in [9.17, 15) is 0 Å². The minimum Gasteiger partial charge on any atom is -0.305 e. The Balaban J connectivity index is 1.84. The standard InChI is InChI=1S/C17H17BrN2S/c1-2-15(16-6-4-10-21-16)20-11-12-7-8-14(18)13-5-3-9-19-17(12)13/h3-10,15,20H,2,11H2,1H3. The minimum atomic E-state index is 0.410. The van der Waals surface area contributed by atoms with Crippen LogP contribution in [-0.4, -0.2) is 4.98 Å². The van der Waals surface area contributed by atoms with E-state index in [1.807, 2.05) is 23.6 Å². The van der Waals surface area contributed by atoms with Crippen molar-refractivity contribution in [3.63, 3.8) is 0 Å². The lowest BCUT2D eigenvalue weighted by molar-refractivity contribution is 0.527. The lowest BCUT2D eigenvalue weighted by Crippen LogP contribution is -2.19. The molecule has 2 heterocycles. The van der Waals surface area contributed by atoms with Gasteiger partial charge in [0.15, 0.2) is 0 Å². The third-order valence-electron chi connectivity index (χ3n) is 3.63. The van der Waals surface area contributed by atoms with Gasteiger partial charge in [-0.3, -0.25) is 4.98 Å². The summed E-state index contributed by atoms with van der Waals surface area (Å²) >= 11 is 5.41. The Bertz CT molecular complexity index is 725. The first-order valence-electron chi connectivity index (χ1n) is 7.08. The van der Waals surface area contributed by atoms with Crippen molar-refractivity contribution in [1.82, 2.24) is 10.3 Å². The fourth-order valence-electron chi connectivity index (χ4n) is 2.51. The Morgan fingerprint density at radius 1 is 1.24 bits per heavy atom. The van der Waals surface area contributed by atoms with Gasteiger partial charge in [0.25, 0.3) is 0 Å². The highest BCUT2D eigenvalue weighted by Gasteiger charge is 2.11. The van der Waals surface area contributed by atoms with Crippen LogP contribution in [0.5, 0.6) is 0 Å². The maximum absolute atomic E-state index is 4.54. The van der Waals surface area contributed by atoms with E-state index in [1.165, 1.54) is 15.8 Å². The van der Waals surface area contributed by atoms with E-state index < -0.39 is 0 Å². The van der Waals surface area contributed by atoms with Crippen LogP contribution in [0.2, 0.25) is 0 Å². The Morgan fingerprint density at radius 3 is 2.90 bits per heavy atom. The van der Waals surface area contributed by atoms with Crippen molar-refractivity contribution in [3.05, 3.63) is 62.9 Å². The average Bonchev–Trinajstić information content (AvgIpc) is 3.04. The molecule has 0 amide bonds. The van der Waals surface area contributed by atoms with Crippen LogP contribution in [0.25, 0.3) is 10.9 Å². The number of halogens is 1. The molecule has 4 heteroatoms. The molecule has 108 valence electrons.